The number of nitrogens with zero attached hydrogens (tertiary/aromatic N) is 4. The Morgan fingerprint density at radius 2 is 2.11 bits per heavy atom. The normalized spacial score (nSPS) is 11.0. The molecule has 0 fully saturated rings. The summed E-state index contributed by atoms with van der Waals surface area (Å²) in [6, 6.07) is 7.80. The van der Waals surface area contributed by atoms with Gasteiger partial charge in [-0.2, -0.15) is 0 Å². The fourth-order valence-electron chi connectivity index (χ4n) is 1.93. The van der Waals surface area contributed by atoms with Gasteiger partial charge in [0, 0.05) is 26.0 Å². The van der Waals surface area contributed by atoms with Crippen molar-refractivity contribution >= 4 is 11.2 Å². The zero-order valence-corrected chi connectivity index (χ0v) is 10.0. The van der Waals surface area contributed by atoms with E-state index in [-0.39, 0.29) is 0 Å². The van der Waals surface area contributed by atoms with Gasteiger partial charge in [0.15, 0.2) is 11.5 Å². The van der Waals surface area contributed by atoms with Gasteiger partial charge < -0.3 is 10.3 Å². The van der Waals surface area contributed by atoms with Gasteiger partial charge in [0.2, 0.25) is 0 Å². The van der Waals surface area contributed by atoms with E-state index in [0.29, 0.717) is 6.54 Å². The molecule has 5 nitrogen and oxygen atoms in total. The second kappa shape index (κ2) is 4.19. The highest BCUT2D eigenvalue weighted by molar-refractivity contribution is 5.76. The number of hydrogen-bond donors (Lipinski definition) is 1. The highest BCUT2D eigenvalue weighted by Gasteiger charge is 2.10. The molecule has 18 heavy (non-hydrogen) atoms. The SMILES string of the molecule is Cn1c(-c2ccc(CN)cn2)nc2ncccc21. The molecule has 3 rings (SSSR count). The Labute approximate surface area is 104 Å². The van der Waals surface area contributed by atoms with Gasteiger partial charge in [-0.1, -0.05) is 6.07 Å². The van der Waals surface area contributed by atoms with E-state index in [0.717, 1.165) is 28.2 Å². The monoisotopic (exact) mass is 239 g/mol. The Morgan fingerprint density at radius 3 is 2.78 bits per heavy atom. The fraction of sp³-hybridized carbons (Fsp3) is 0.154. The molecule has 0 aliphatic heterocycles. The first-order valence-electron chi connectivity index (χ1n) is 5.72. The molecule has 0 saturated carbocycles. The third-order valence-electron chi connectivity index (χ3n) is 2.95. The minimum Gasteiger partial charge on any atom is -0.326 e. The van der Waals surface area contributed by atoms with Crippen LogP contribution in [0.5, 0.6) is 0 Å². The van der Waals surface area contributed by atoms with E-state index >= 15 is 0 Å². The molecule has 0 radical (unpaired) electrons. The molecule has 0 amide bonds. The number of rotatable bonds is 2. The van der Waals surface area contributed by atoms with Gasteiger partial charge in [-0.25, -0.2) is 9.97 Å². The number of fused-ring (bicyclic) bond motifs is 1. The van der Waals surface area contributed by atoms with E-state index in [1.165, 1.54) is 0 Å². The maximum absolute atomic E-state index is 5.56. The summed E-state index contributed by atoms with van der Waals surface area (Å²) in [6.07, 6.45) is 3.52. The van der Waals surface area contributed by atoms with Crippen molar-refractivity contribution in [1.82, 2.24) is 19.5 Å². The van der Waals surface area contributed by atoms with Gasteiger partial charge in [-0.15, -0.1) is 0 Å². The molecule has 0 aliphatic carbocycles. The number of aromatic nitrogens is 4. The largest absolute Gasteiger partial charge is 0.326 e. The second-order valence-electron chi connectivity index (χ2n) is 4.10. The second-order valence-corrected chi connectivity index (χ2v) is 4.10. The van der Waals surface area contributed by atoms with Crippen LogP contribution in [0.3, 0.4) is 0 Å². The van der Waals surface area contributed by atoms with Crippen molar-refractivity contribution in [2.24, 2.45) is 12.8 Å². The minimum atomic E-state index is 0.497. The molecule has 90 valence electrons. The average molecular weight is 239 g/mol. The smallest absolute Gasteiger partial charge is 0.178 e. The molecule has 3 aromatic heterocycles. The summed E-state index contributed by atoms with van der Waals surface area (Å²) >= 11 is 0. The molecule has 0 bridgehead atoms. The summed E-state index contributed by atoms with van der Waals surface area (Å²) in [5, 5.41) is 0. The van der Waals surface area contributed by atoms with Crippen molar-refractivity contribution in [3.63, 3.8) is 0 Å². The van der Waals surface area contributed by atoms with Crippen LogP contribution in [0.4, 0.5) is 0 Å². The zero-order chi connectivity index (χ0) is 12.5. The van der Waals surface area contributed by atoms with Crippen LogP contribution in [0.25, 0.3) is 22.7 Å². The Bertz CT molecular complexity index is 684. The zero-order valence-electron chi connectivity index (χ0n) is 10.0. The van der Waals surface area contributed by atoms with Crippen molar-refractivity contribution < 1.29 is 0 Å². The van der Waals surface area contributed by atoms with Crippen LogP contribution in [0, 0.1) is 0 Å². The molecule has 3 aromatic rings. The first kappa shape index (κ1) is 10.9. The fourth-order valence-corrected chi connectivity index (χ4v) is 1.93. The van der Waals surface area contributed by atoms with Crippen LogP contribution in [0.2, 0.25) is 0 Å². The lowest BCUT2D eigenvalue weighted by Crippen LogP contribution is -1.99. The number of nitrogens with two attached hydrogens (primary N) is 1. The number of imidazole rings is 1. The van der Waals surface area contributed by atoms with Crippen molar-refractivity contribution in [3.8, 4) is 11.5 Å². The maximum Gasteiger partial charge on any atom is 0.178 e. The van der Waals surface area contributed by atoms with E-state index in [9.17, 15) is 0 Å². The molecule has 5 heteroatoms. The van der Waals surface area contributed by atoms with Gasteiger partial charge in [-0.3, -0.25) is 4.98 Å². The lowest BCUT2D eigenvalue weighted by molar-refractivity contribution is 0.947. The molecular weight excluding hydrogens is 226 g/mol. The van der Waals surface area contributed by atoms with Crippen LogP contribution in [-0.2, 0) is 13.6 Å². The average Bonchev–Trinajstić information content (AvgIpc) is 2.77. The van der Waals surface area contributed by atoms with Crippen LogP contribution in [0.15, 0.2) is 36.7 Å². The van der Waals surface area contributed by atoms with E-state index in [4.69, 9.17) is 5.73 Å². The molecule has 2 N–H and O–H groups in total. The van der Waals surface area contributed by atoms with E-state index in [2.05, 4.69) is 15.0 Å². The van der Waals surface area contributed by atoms with Gasteiger partial charge in [-0.05, 0) is 23.8 Å². The summed E-state index contributed by atoms with van der Waals surface area (Å²) in [4.78, 5) is 13.1. The third-order valence-corrected chi connectivity index (χ3v) is 2.95. The molecule has 0 aliphatic rings. The third kappa shape index (κ3) is 1.65. The quantitative estimate of drug-likeness (QED) is 0.735. The van der Waals surface area contributed by atoms with Crippen molar-refractivity contribution in [1.29, 1.82) is 0 Å². The molecule has 0 saturated heterocycles. The standard InChI is InChI=1S/C13H13N5/c1-18-11-3-2-6-15-12(11)17-13(18)10-5-4-9(7-14)8-16-10/h2-6,8H,7,14H2,1H3. The van der Waals surface area contributed by atoms with Gasteiger partial charge in [0.25, 0.3) is 0 Å². The first-order chi connectivity index (χ1) is 8.79. The molecule has 0 spiro atoms. The van der Waals surface area contributed by atoms with Gasteiger partial charge in [0.1, 0.15) is 5.69 Å². The summed E-state index contributed by atoms with van der Waals surface area (Å²) in [6.45, 7) is 0.497. The minimum absolute atomic E-state index is 0.497. The van der Waals surface area contributed by atoms with E-state index in [1.54, 1.807) is 12.4 Å². The van der Waals surface area contributed by atoms with Gasteiger partial charge >= 0.3 is 0 Å². The highest BCUT2D eigenvalue weighted by atomic mass is 15.1. The van der Waals surface area contributed by atoms with E-state index in [1.807, 2.05) is 35.9 Å². The van der Waals surface area contributed by atoms with Crippen molar-refractivity contribution in [3.05, 3.63) is 42.2 Å². The number of pyridine rings is 2. The lowest BCUT2D eigenvalue weighted by Gasteiger charge is -2.02. The lowest BCUT2D eigenvalue weighted by atomic mass is 10.2. The highest BCUT2D eigenvalue weighted by Crippen LogP contribution is 2.20. The first-order valence-corrected chi connectivity index (χ1v) is 5.72. The Balaban J connectivity index is 2.15. The summed E-state index contributed by atoms with van der Waals surface area (Å²) in [7, 11) is 1.96. The summed E-state index contributed by atoms with van der Waals surface area (Å²) in [5.74, 6) is 0.812. The van der Waals surface area contributed by atoms with Crippen LogP contribution < -0.4 is 5.73 Å². The molecular formula is C13H13N5. The molecule has 3 heterocycles. The maximum atomic E-state index is 5.56. The van der Waals surface area contributed by atoms with Crippen LogP contribution >= 0.6 is 0 Å². The molecule has 0 unspecified atom stereocenters. The van der Waals surface area contributed by atoms with Crippen LogP contribution in [-0.4, -0.2) is 19.5 Å². The molecule has 0 atom stereocenters. The predicted octanol–water partition coefficient (Wildman–Crippen LogP) is 1.49. The Kier molecular flexibility index (Phi) is 2.53. The molecule has 0 aromatic carbocycles. The van der Waals surface area contributed by atoms with Crippen molar-refractivity contribution in [2.75, 3.05) is 0 Å². The van der Waals surface area contributed by atoms with Crippen molar-refractivity contribution in [2.45, 2.75) is 6.54 Å². The topological polar surface area (TPSA) is 69.6 Å². The van der Waals surface area contributed by atoms with Gasteiger partial charge in [0.05, 0.1) is 5.52 Å². The number of hydrogen-bond acceptors (Lipinski definition) is 4. The summed E-state index contributed by atoms with van der Waals surface area (Å²) in [5.41, 5.74) is 9.13. The predicted molar refractivity (Wildman–Crippen MR) is 69.6 cm³/mol. The number of aryl methyl sites for hydroxylation is 1. The summed E-state index contributed by atoms with van der Waals surface area (Å²) < 4.78 is 1.99. The Hall–Kier alpha value is -2.27. The van der Waals surface area contributed by atoms with Crippen LogP contribution in [0.1, 0.15) is 5.56 Å². The Morgan fingerprint density at radius 1 is 1.22 bits per heavy atom. The van der Waals surface area contributed by atoms with E-state index < -0.39 is 0 Å².